The maximum atomic E-state index is 11.9. The van der Waals surface area contributed by atoms with E-state index in [2.05, 4.69) is 10.6 Å². The van der Waals surface area contributed by atoms with Gasteiger partial charge in [-0.25, -0.2) is 4.79 Å². The fraction of sp³-hybridized carbons (Fsp3) is 0.818. The smallest absolute Gasteiger partial charge is 0.329 e. The number of amides is 1. The standard InChI is InChI=1S/C11H20N2O3/c1-4-11(3,10(15)16)13-9(14)8-6-12-5-7(8)2/h7-8,12H,4-6H2,1-3H3,(H,13,14)(H,15,16). The van der Waals surface area contributed by atoms with Crippen LogP contribution >= 0.6 is 0 Å². The average molecular weight is 228 g/mol. The Morgan fingerprint density at radius 1 is 1.50 bits per heavy atom. The second-order valence-electron chi connectivity index (χ2n) is 4.72. The summed E-state index contributed by atoms with van der Waals surface area (Å²) < 4.78 is 0. The van der Waals surface area contributed by atoms with E-state index in [1.54, 1.807) is 13.8 Å². The summed E-state index contributed by atoms with van der Waals surface area (Å²) in [5.74, 6) is -1.01. The van der Waals surface area contributed by atoms with Crippen molar-refractivity contribution in [3.05, 3.63) is 0 Å². The van der Waals surface area contributed by atoms with Gasteiger partial charge in [0.15, 0.2) is 0 Å². The first-order chi connectivity index (χ1) is 7.40. The minimum absolute atomic E-state index is 0.120. The van der Waals surface area contributed by atoms with E-state index in [4.69, 9.17) is 5.11 Å². The molecule has 1 heterocycles. The Morgan fingerprint density at radius 3 is 2.50 bits per heavy atom. The van der Waals surface area contributed by atoms with Crippen LogP contribution in [0.15, 0.2) is 0 Å². The highest BCUT2D eigenvalue weighted by Gasteiger charge is 2.37. The Labute approximate surface area is 95.6 Å². The molecule has 0 radical (unpaired) electrons. The highest BCUT2D eigenvalue weighted by molar-refractivity contribution is 5.88. The summed E-state index contributed by atoms with van der Waals surface area (Å²) in [6.45, 7) is 6.74. The highest BCUT2D eigenvalue weighted by Crippen LogP contribution is 2.18. The summed E-state index contributed by atoms with van der Waals surface area (Å²) in [6.07, 6.45) is 0.378. The lowest BCUT2D eigenvalue weighted by atomic mass is 9.93. The van der Waals surface area contributed by atoms with Crippen LogP contribution in [0.25, 0.3) is 0 Å². The lowest BCUT2D eigenvalue weighted by Crippen LogP contribution is -2.54. The molecule has 1 fully saturated rings. The molecule has 0 saturated carbocycles. The molecule has 0 aromatic rings. The van der Waals surface area contributed by atoms with E-state index >= 15 is 0 Å². The molecule has 1 aliphatic heterocycles. The van der Waals surface area contributed by atoms with E-state index in [1.165, 1.54) is 0 Å². The number of nitrogens with one attached hydrogen (secondary N) is 2. The summed E-state index contributed by atoms with van der Waals surface area (Å²) in [6, 6.07) is 0. The molecule has 5 heteroatoms. The number of carboxylic acids is 1. The van der Waals surface area contributed by atoms with Gasteiger partial charge in [-0.1, -0.05) is 13.8 Å². The van der Waals surface area contributed by atoms with E-state index < -0.39 is 11.5 Å². The predicted octanol–water partition coefficient (Wildman–Crippen LogP) is 0.211. The summed E-state index contributed by atoms with van der Waals surface area (Å²) in [5, 5.41) is 14.8. The van der Waals surface area contributed by atoms with Crippen molar-refractivity contribution >= 4 is 11.9 Å². The quantitative estimate of drug-likeness (QED) is 0.643. The molecule has 1 rings (SSSR count). The second-order valence-corrected chi connectivity index (χ2v) is 4.72. The van der Waals surface area contributed by atoms with Gasteiger partial charge in [0.05, 0.1) is 5.92 Å². The number of hydrogen-bond donors (Lipinski definition) is 3. The Bertz CT molecular complexity index is 293. The largest absolute Gasteiger partial charge is 0.480 e. The van der Waals surface area contributed by atoms with Gasteiger partial charge in [-0.05, 0) is 25.8 Å². The first-order valence-corrected chi connectivity index (χ1v) is 5.67. The average Bonchev–Trinajstić information content (AvgIpc) is 2.64. The molecule has 1 saturated heterocycles. The van der Waals surface area contributed by atoms with Crippen molar-refractivity contribution in [2.24, 2.45) is 11.8 Å². The number of aliphatic carboxylic acids is 1. The number of carboxylic acid groups (broad SMARTS) is 1. The SMILES string of the molecule is CCC(C)(NC(=O)C1CNCC1C)C(=O)O. The lowest BCUT2D eigenvalue weighted by molar-refractivity contribution is -0.147. The number of rotatable bonds is 4. The van der Waals surface area contributed by atoms with Crippen LogP contribution in [0, 0.1) is 11.8 Å². The van der Waals surface area contributed by atoms with Crippen molar-refractivity contribution in [2.45, 2.75) is 32.7 Å². The summed E-state index contributed by atoms with van der Waals surface area (Å²) in [4.78, 5) is 23.0. The molecule has 92 valence electrons. The fourth-order valence-corrected chi connectivity index (χ4v) is 1.82. The van der Waals surface area contributed by atoms with Gasteiger partial charge in [0, 0.05) is 6.54 Å². The van der Waals surface area contributed by atoms with Crippen molar-refractivity contribution in [1.82, 2.24) is 10.6 Å². The second kappa shape index (κ2) is 4.82. The number of hydrogen-bond acceptors (Lipinski definition) is 3. The summed E-state index contributed by atoms with van der Waals surface area (Å²) in [7, 11) is 0. The van der Waals surface area contributed by atoms with Gasteiger partial charge in [0.1, 0.15) is 5.54 Å². The zero-order valence-corrected chi connectivity index (χ0v) is 10.0. The monoisotopic (exact) mass is 228 g/mol. The predicted molar refractivity (Wildman–Crippen MR) is 60.0 cm³/mol. The van der Waals surface area contributed by atoms with Crippen molar-refractivity contribution in [2.75, 3.05) is 13.1 Å². The van der Waals surface area contributed by atoms with Crippen LogP contribution in [-0.4, -0.2) is 35.6 Å². The van der Waals surface area contributed by atoms with Gasteiger partial charge in [-0.3, -0.25) is 4.79 Å². The first-order valence-electron chi connectivity index (χ1n) is 5.67. The summed E-state index contributed by atoms with van der Waals surface area (Å²) >= 11 is 0. The molecule has 16 heavy (non-hydrogen) atoms. The molecular weight excluding hydrogens is 208 g/mol. The molecule has 3 atom stereocenters. The molecule has 5 nitrogen and oxygen atoms in total. The highest BCUT2D eigenvalue weighted by atomic mass is 16.4. The fourth-order valence-electron chi connectivity index (χ4n) is 1.82. The van der Waals surface area contributed by atoms with Gasteiger partial charge < -0.3 is 15.7 Å². The van der Waals surface area contributed by atoms with Crippen LogP contribution in [0.4, 0.5) is 0 Å². The molecule has 1 amide bonds. The van der Waals surface area contributed by atoms with Gasteiger partial charge in [0.25, 0.3) is 0 Å². The van der Waals surface area contributed by atoms with Crippen LogP contribution < -0.4 is 10.6 Å². The van der Waals surface area contributed by atoms with Gasteiger partial charge in [-0.2, -0.15) is 0 Å². The van der Waals surface area contributed by atoms with Crippen molar-refractivity contribution in [3.8, 4) is 0 Å². The van der Waals surface area contributed by atoms with E-state index in [0.29, 0.717) is 13.0 Å². The third-order valence-electron chi connectivity index (χ3n) is 3.43. The minimum Gasteiger partial charge on any atom is -0.480 e. The van der Waals surface area contributed by atoms with Crippen LogP contribution in [0.5, 0.6) is 0 Å². The van der Waals surface area contributed by atoms with Gasteiger partial charge >= 0.3 is 5.97 Å². The van der Waals surface area contributed by atoms with E-state index in [0.717, 1.165) is 6.54 Å². The molecule has 1 aliphatic rings. The van der Waals surface area contributed by atoms with Crippen LogP contribution in [0.2, 0.25) is 0 Å². The van der Waals surface area contributed by atoms with Crippen molar-refractivity contribution in [1.29, 1.82) is 0 Å². The van der Waals surface area contributed by atoms with Crippen LogP contribution in [0.1, 0.15) is 27.2 Å². The lowest BCUT2D eigenvalue weighted by Gasteiger charge is -2.27. The first kappa shape index (κ1) is 13.0. The third kappa shape index (κ3) is 2.52. The van der Waals surface area contributed by atoms with Crippen LogP contribution in [0.3, 0.4) is 0 Å². The number of carbonyl (C=O) groups is 2. The Hall–Kier alpha value is -1.10. The molecular formula is C11H20N2O3. The molecule has 3 N–H and O–H groups in total. The van der Waals surface area contributed by atoms with Crippen LogP contribution in [-0.2, 0) is 9.59 Å². The van der Waals surface area contributed by atoms with Crippen molar-refractivity contribution < 1.29 is 14.7 Å². The van der Waals surface area contributed by atoms with E-state index in [-0.39, 0.29) is 17.7 Å². The number of carbonyl (C=O) groups excluding carboxylic acids is 1. The zero-order valence-electron chi connectivity index (χ0n) is 10.0. The molecule has 0 aromatic heterocycles. The molecule has 0 spiro atoms. The Balaban J connectivity index is 2.65. The zero-order chi connectivity index (χ0) is 12.3. The normalized spacial score (nSPS) is 28.4. The molecule has 0 bridgehead atoms. The third-order valence-corrected chi connectivity index (χ3v) is 3.43. The van der Waals surface area contributed by atoms with Gasteiger partial charge in [0.2, 0.25) is 5.91 Å². The summed E-state index contributed by atoms with van der Waals surface area (Å²) in [5.41, 5.74) is -1.15. The maximum Gasteiger partial charge on any atom is 0.329 e. The minimum atomic E-state index is -1.15. The molecule has 0 aromatic carbocycles. The molecule has 0 aliphatic carbocycles. The maximum absolute atomic E-state index is 11.9. The van der Waals surface area contributed by atoms with E-state index in [9.17, 15) is 9.59 Å². The Morgan fingerprint density at radius 2 is 2.12 bits per heavy atom. The van der Waals surface area contributed by atoms with Gasteiger partial charge in [-0.15, -0.1) is 0 Å². The van der Waals surface area contributed by atoms with Crippen molar-refractivity contribution in [3.63, 3.8) is 0 Å². The molecule has 3 unspecified atom stereocenters. The topological polar surface area (TPSA) is 78.4 Å². The van der Waals surface area contributed by atoms with E-state index in [1.807, 2.05) is 6.92 Å². The Kier molecular flexibility index (Phi) is 3.91.